The van der Waals surface area contributed by atoms with E-state index in [9.17, 15) is 4.79 Å². The molecule has 0 heterocycles. The van der Waals surface area contributed by atoms with E-state index in [0.717, 1.165) is 0 Å². The third kappa shape index (κ3) is 3.46. The van der Waals surface area contributed by atoms with E-state index in [4.69, 9.17) is 11.6 Å². The van der Waals surface area contributed by atoms with Gasteiger partial charge in [-0.3, -0.25) is 9.10 Å². The average molecular weight is 172 g/mol. The van der Waals surface area contributed by atoms with Crippen LogP contribution in [0.25, 0.3) is 0 Å². The first-order valence-corrected chi connectivity index (χ1v) is 4.71. The van der Waals surface area contributed by atoms with Crippen LogP contribution in [0.4, 0.5) is 4.79 Å². The number of carbonyl (C=O) groups excluding carboxylic acids is 1. The van der Waals surface area contributed by atoms with Crippen molar-refractivity contribution in [1.29, 1.82) is 0 Å². The molecule has 0 aromatic heterocycles. The van der Waals surface area contributed by atoms with Gasteiger partial charge in [0.25, 0.3) is 0 Å². The summed E-state index contributed by atoms with van der Waals surface area (Å²) in [4.78, 5) is 10.2. The summed E-state index contributed by atoms with van der Waals surface area (Å²) in [5, 5.41) is -0.440. The predicted octanol–water partition coefficient (Wildman–Crippen LogP) is 2.20. The lowest BCUT2D eigenvalue weighted by atomic mass is 11.2. The molecule has 5 heteroatoms. The van der Waals surface area contributed by atoms with Crippen molar-refractivity contribution in [2.75, 3.05) is 13.3 Å². The Balaban J connectivity index is 3.32. The maximum Gasteiger partial charge on any atom is 0.326 e. The summed E-state index contributed by atoms with van der Waals surface area (Å²) >= 11 is 5.06. The molecule has 0 fully saturated rings. The molecule has 0 aromatic carbocycles. The highest BCUT2D eigenvalue weighted by Gasteiger charge is 2.01. The summed E-state index contributed by atoms with van der Waals surface area (Å²) in [7, 11) is 4.40. The number of halogens is 1. The van der Waals surface area contributed by atoms with Crippen molar-refractivity contribution in [3.63, 3.8) is 0 Å². The molecular weight excluding hydrogens is 166 g/mol. The number of hydrogen-bond donors (Lipinski definition) is 0. The van der Waals surface area contributed by atoms with Crippen molar-refractivity contribution in [2.45, 2.75) is 0 Å². The van der Waals surface area contributed by atoms with Gasteiger partial charge in [0.05, 0.1) is 0 Å². The van der Waals surface area contributed by atoms with Gasteiger partial charge in [-0.1, -0.05) is 10.8 Å². The zero-order valence-electron chi connectivity index (χ0n) is 4.55. The lowest BCUT2D eigenvalue weighted by Crippen LogP contribution is -2.09. The van der Waals surface area contributed by atoms with Gasteiger partial charge >= 0.3 is 5.37 Å². The predicted molar refractivity (Wildman–Crippen MR) is 40.1 cm³/mol. The maximum absolute atomic E-state index is 10.2. The molecule has 0 N–H and O–H groups in total. The highest BCUT2D eigenvalue weighted by molar-refractivity contribution is 8.75. The smallest absolute Gasteiger partial charge is 0.267 e. The highest BCUT2D eigenvalue weighted by atomic mass is 35.5. The van der Waals surface area contributed by atoms with Crippen LogP contribution < -0.4 is 0 Å². The standard InChI is InChI=1S/C3H6ClNOS2/c1-5(3(4)6)8-7-2/h1-2H3. The van der Waals surface area contributed by atoms with E-state index in [2.05, 4.69) is 0 Å². The van der Waals surface area contributed by atoms with Crippen molar-refractivity contribution in [2.24, 2.45) is 0 Å². The molecular formula is C3H6ClNOS2. The van der Waals surface area contributed by atoms with Gasteiger partial charge in [-0.25, -0.2) is 0 Å². The van der Waals surface area contributed by atoms with Gasteiger partial charge in [0, 0.05) is 18.0 Å². The van der Waals surface area contributed by atoms with Crippen LogP contribution in [-0.2, 0) is 0 Å². The fraction of sp³-hybridized carbons (Fsp3) is 0.667. The molecule has 0 aliphatic carbocycles. The van der Waals surface area contributed by atoms with Gasteiger partial charge in [-0.2, -0.15) is 0 Å². The maximum atomic E-state index is 10.2. The summed E-state index contributed by atoms with van der Waals surface area (Å²) < 4.78 is 1.35. The Bertz CT molecular complexity index is 89.4. The summed E-state index contributed by atoms with van der Waals surface area (Å²) in [5.74, 6) is 0. The summed E-state index contributed by atoms with van der Waals surface area (Å²) in [5.41, 5.74) is 0. The summed E-state index contributed by atoms with van der Waals surface area (Å²) in [6.07, 6.45) is 1.88. The van der Waals surface area contributed by atoms with Crippen LogP contribution in [0.2, 0.25) is 0 Å². The Morgan fingerprint density at radius 2 is 2.25 bits per heavy atom. The third-order valence-electron chi connectivity index (χ3n) is 0.434. The number of hydrogen-bond acceptors (Lipinski definition) is 3. The number of carbonyl (C=O) groups is 1. The zero-order valence-corrected chi connectivity index (χ0v) is 6.94. The van der Waals surface area contributed by atoms with E-state index in [1.807, 2.05) is 6.26 Å². The van der Waals surface area contributed by atoms with Crippen molar-refractivity contribution in [3.05, 3.63) is 0 Å². The molecule has 8 heavy (non-hydrogen) atoms. The third-order valence-corrected chi connectivity index (χ3v) is 2.44. The average Bonchev–Trinajstić information content (AvgIpc) is 1.67. The largest absolute Gasteiger partial charge is 0.326 e. The van der Waals surface area contributed by atoms with Gasteiger partial charge in [-0.05, 0) is 17.9 Å². The molecule has 0 radical (unpaired) electrons. The molecule has 0 aliphatic heterocycles. The number of rotatable bonds is 2. The Labute approximate surface area is 61.5 Å². The van der Waals surface area contributed by atoms with Gasteiger partial charge in [0.15, 0.2) is 0 Å². The minimum absolute atomic E-state index is 0.440. The van der Waals surface area contributed by atoms with Crippen LogP contribution in [0.15, 0.2) is 0 Å². The molecule has 0 rings (SSSR count). The second-order valence-electron chi connectivity index (χ2n) is 0.992. The molecule has 1 amide bonds. The summed E-state index contributed by atoms with van der Waals surface area (Å²) in [6.45, 7) is 0. The first kappa shape index (κ1) is 8.46. The van der Waals surface area contributed by atoms with E-state index in [1.165, 1.54) is 26.1 Å². The highest BCUT2D eigenvalue weighted by Crippen LogP contribution is 2.21. The van der Waals surface area contributed by atoms with Crippen molar-refractivity contribution < 1.29 is 4.79 Å². The van der Waals surface area contributed by atoms with Crippen molar-refractivity contribution >= 4 is 38.7 Å². The molecule has 0 bridgehead atoms. The lowest BCUT2D eigenvalue weighted by Gasteiger charge is -2.06. The quantitative estimate of drug-likeness (QED) is 0.275. The van der Waals surface area contributed by atoms with Gasteiger partial charge < -0.3 is 0 Å². The molecule has 0 atom stereocenters. The first-order chi connectivity index (χ1) is 3.68. The Hall–Kier alpha value is 0.460. The lowest BCUT2D eigenvalue weighted by molar-refractivity contribution is 0.251. The van der Waals surface area contributed by atoms with E-state index in [1.54, 1.807) is 7.05 Å². The number of nitrogens with zero attached hydrogens (tertiary/aromatic N) is 1. The second-order valence-corrected chi connectivity index (χ2v) is 3.79. The van der Waals surface area contributed by atoms with Crippen LogP contribution >= 0.6 is 33.4 Å². The van der Waals surface area contributed by atoms with Crippen LogP contribution in [0.3, 0.4) is 0 Å². The van der Waals surface area contributed by atoms with Gasteiger partial charge in [-0.15, -0.1) is 0 Å². The number of amides is 1. The van der Waals surface area contributed by atoms with Crippen molar-refractivity contribution in [3.8, 4) is 0 Å². The topological polar surface area (TPSA) is 20.3 Å². The van der Waals surface area contributed by atoms with E-state index >= 15 is 0 Å². The monoisotopic (exact) mass is 171 g/mol. The van der Waals surface area contributed by atoms with E-state index in [-0.39, 0.29) is 0 Å². The van der Waals surface area contributed by atoms with Crippen LogP contribution in [0.5, 0.6) is 0 Å². The Morgan fingerprint density at radius 3 is 2.38 bits per heavy atom. The minimum atomic E-state index is -0.440. The molecule has 0 saturated heterocycles. The Morgan fingerprint density at radius 1 is 1.75 bits per heavy atom. The van der Waals surface area contributed by atoms with Gasteiger partial charge in [0.2, 0.25) is 0 Å². The first-order valence-electron chi connectivity index (χ1n) is 1.82. The second kappa shape index (κ2) is 4.35. The molecule has 0 unspecified atom stereocenters. The van der Waals surface area contributed by atoms with E-state index < -0.39 is 5.37 Å². The fourth-order valence-corrected chi connectivity index (χ4v) is 1.52. The molecule has 0 aromatic rings. The van der Waals surface area contributed by atoms with E-state index in [0.29, 0.717) is 0 Å². The molecule has 0 spiro atoms. The molecule has 0 aliphatic rings. The van der Waals surface area contributed by atoms with Crippen LogP contribution in [0, 0.1) is 0 Å². The van der Waals surface area contributed by atoms with Gasteiger partial charge in [0.1, 0.15) is 0 Å². The van der Waals surface area contributed by atoms with Crippen molar-refractivity contribution in [1.82, 2.24) is 4.31 Å². The summed E-state index contributed by atoms with van der Waals surface area (Å²) in [6, 6.07) is 0. The molecule has 0 saturated carbocycles. The minimum Gasteiger partial charge on any atom is -0.267 e. The zero-order chi connectivity index (χ0) is 6.57. The van der Waals surface area contributed by atoms with Crippen LogP contribution in [-0.4, -0.2) is 23.0 Å². The van der Waals surface area contributed by atoms with Crippen LogP contribution in [0.1, 0.15) is 0 Å². The molecule has 48 valence electrons. The SMILES string of the molecule is CSSN(C)C(=O)Cl. The fourth-order valence-electron chi connectivity index (χ4n) is 0.141. The normalized spacial score (nSPS) is 8.88. The molecule has 2 nitrogen and oxygen atoms in total. The Kier molecular flexibility index (Phi) is 4.60.